The number of halogens is 1. The summed E-state index contributed by atoms with van der Waals surface area (Å²) in [5.41, 5.74) is 4.54. The molecule has 0 saturated heterocycles. The van der Waals surface area contributed by atoms with Gasteiger partial charge in [-0.25, -0.2) is 9.07 Å². The van der Waals surface area contributed by atoms with E-state index in [0.717, 1.165) is 22.5 Å². The Morgan fingerprint density at radius 3 is 2.58 bits per heavy atom. The zero-order valence-electron chi connectivity index (χ0n) is 17.4. The van der Waals surface area contributed by atoms with Gasteiger partial charge in [0.2, 0.25) is 5.91 Å². The Hall–Kier alpha value is -4.59. The van der Waals surface area contributed by atoms with Gasteiger partial charge in [0, 0.05) is 41.3 Å². The summed E-state index contributed by atoms with van der Waals surface area (Å²) in [7, 11) is 0. The molecule has 0 saturated carbocycles. The van der Waals surface area contributed by atoms with Crippen molar-refractivity contribution in [1.82, 2.24) is 25.0 Å². The number of carbonyl (C=O) groups excluding carboxylic acids is 1. The van der Waals surface area contributed by atoms with Crippen LogP contribution in [0, 0.1) is 5.82 Å². The molecule has 2 N–H and O–H groups in total. The van der Waals surface area contributed by atoms with Gasteiger partial charge >= 0.3 is 0 Å². The lowest BCUT2D eigenvalue weighted by Crippen LogP contribution is -2.14. The summed E-state index contributed by atoms with van der Waals surface area (Å²) >= 11 is 0. The molecule has 0 radical (unpaired) electrons. The number of benzene rings is 2. The summed E-state index contributed by atoms with van der Waals surface area (Å²) in [4.78, 5) is 16.9. The molecular weight excluding hydrogens is 419 g/mol. The number of aromatic amines is 1. The Morgan fingerprint density at radius 1 is 1.00 bits per heavy atom. The Bertz CT molecular complexity index is 1380. The van der Waals surface area contributed by atoms with Crippen LogP contribution >= 0.6 is 0 Å². The maximum absolute atomic E-state index is 13.4. The molecule has 7 nitrogen and oxygen atoms in total. The van der Waals surface area contributed by atoms with Crippen LogP contribution in [0.5, 0.6) is 0 Å². The van der Waals surface area contributed by atoms with Crippen LogP contribution in [-0.2, 0) is 11.2 Å². The van der Waals surface area contributed by atoms with Gasteiger partial charge in [-0.15, -0.1) is 0 Å². The number of amides is 1. The van der Waals surface area contributed by atoms with Crippen LogP contribution in [-0.4, -0.2) is 30.9 Å². The van der Waals surface area contributed by atoms with E-state index in [4.69, 9.17) is 0 Å². The molecule has 1 amide bonds. The van der Waals surface area contributed by atoms with Gasteiger partial charge in [0.1, 0.15) is 5.82 Å². The van der Waals surface area contributed by atoms with E-state index in [-0.39, 0.29) is 18.1 Å². The molecule has 0 atom stereocenters. The van der Waals surface area contributed by atoms with Crippen molar-refractivity contribution in [3.63, 3.8) is 0 Å². The van der Waals surface area contributed by atoms with E-state index in [1.165, 1.54) is 12.1 Å². The third-order valence-corrected chi connectivity index (χ3v) is 5.10. The highest BCUT2D eigenvalue weighted by Gasteiger charge is 2.17. The standard InChI is InChI=1S/C25H19FN6O/c26-20-10-8-17(9-11-20)25-19(16-32(31-25)21-6-2-1-3-7-21)13-24(33)28-23-14-22(29-30-23)18-5-4-12-27-15-18/h1-12,14-16H,13H2,(H2,28,29,30,33). The molecule has 5 aromatic rings. The van der Waals surface area contributed by atoms with Gasteiger partial charge in [-0.1, -0.05) is 18.2 Å². The fourth-order valence-corrected chi connectivity index (χ4v) is 3.52. The first kappa shape index (κ1) is 20.3. The zero-order chi connectivity index (χ0) is 22.6. The number of hydrogen-bond donors (Lipinski definition) is 2. The fourth-order valence-electron chi connectivity index (χ4n) is 3.52. The normalized spacial score (nSPS) is 10.8. The quantitative estimate of drug-likeness (QED) is 0.404. The molecule has 0 bridgehead atoms. The van der Waals surface area contributed by atoms with Crippen LogP contribution in [0.15, 0.2) is 91.4 Å². The van der Waals surface area contributed by atoms with E-state index < -0.39 is 0 Å². The van der Waals surface area contributed by atoms with E-state index in [1.807, 2.05) is 48.7 Å². The molecule has 8 heteroatoms. The molecule has 5 rings (SSSR count). The van der Waals surface area contributed by atoms with Crippen LogP contribution in [0.3, 0.4) is 0 Å². The van der Waals surface area contributed by atoms with Crippen molar-refractivity contribution in [3.05, 3.63) is 103 Å². The van der Waals surface area contributed by atoms with Crippen molar-refractivity contribution in [2.24, 2.45) is 0 Å². The molecule has 0 fully saturated rings. The Morgan fingerprint density at radius 2 is 1.82 bits per heavy atom. The van der Waals surface area contributed by atoms with Gasteiger partial charge < -0.3 is 5.32 Å². The lowest BCUT2D eigenvalue weighted by Gasteiger charge is -2.03. The smallest absolute Gasteiger partial charge is 0.230 e. The van der Waals surface area contributed by atoms with E-state index in [9.17, 15) is 9.18 Å². The average molecular weight is 438 g/mol. The first-order chi connectivity index (χ1) is 16.2. The molecular formula is C25H19FN6O. The summed E-state index contributed by atoms with van der Waals surface area (Å²) in [6, 6.07) is 21.2. The minimum atomic E-state index is -0.330. The molecule has 0 aliphatic heterocycles. The predicted octanol–water partition coefficient (Wildman–Crippen LogP) is 4.64. The second kappa shape index (κ2) is 8.88. The van der Waals surface area contributed by atoms with Crippen molar-refractivity contribution >= 4 is 11.7 Å². The minimum absolute atomic E-state index is 0.0780. The highest BCUT2D eigenvalue weighted by molar-refractivity contribution is 5.92. The second-order valence-corrected chi connectivity index (χ2v) is 7.42. The highest BCUT2D eigenvalue weighted by atomic mass is 19.1. The summed E-state index contributed by atoms with van der Waals surface area (Å²) in [5, 5.41) is 14.6. The van der Waals surface area contributed by atoms with Crippen LogP contribution in [0.4, 0.5) is 10.2 Å². The van der Waals surface area contributed by atoms with Crippen molar-refractivity contribution in [1.29, 1.82) is 0 Å². The summed E-state index contributed by atoms with van der Waals surface area (Å²) in [6.45, 7) is 0. The molecule has 33 heavy (non-hydrogen) atoms. The second-order valence-electron chi connectivity index (χ2n) is 7.42. The molecule has 0 aliphatic rings. The topological polar surface area (TPSA) is 88.5 Å². The molecule has 3 aromatic heterocycles. The van der Waals surface area contributed by atoms with Gasteiger partial charge in [-0.2, -0.15) is 10.2 Å². The number of nitrogens with zero attached hydrogens (tertiary/aromatic N) is 4. The monoisotopic (exact) mass is 438 g/mol. The van der Waals surface area contributed by atoms with Crippen molar-refractivity contribution in [2.45, 2.75) is 6.42 Å². The average Bonchev–Trinajstić information content (AvgIpc) is 3.48. The van der Waals surface area contributed by atoms with Gasteiger partial charge in [0.15, 0.2) is 5.82 Å². The van der Waals surface area contributed by atoms with Gasteiger partial charge in [0.25, 0.3) is 0 Å². The number of carbonyl (C=O) groups is 1. The first-order valence-corrected chi connectivity index (χ1v) is 10.3. The fraction of sp³-hybridized carbons (Fsp3) is 0.0400. The number of aromatic nitrogens is 5. The Balaban J connectivity index is 1.40. The molecule has 0 unspecified atom stereocenters. The van der Waals surface area contributed by atoms with Crippen LogP contribution in [0.25, 0.3) is 28.2 Å². The van der Waals surface area contributed by atoms with Crippen LogP contribution in [0.1, 0.15) is 5.56 Å². The van der Waals surface area contributed by atoms with Crippen molar-refractivity contribution < 1.29 is 9.18 Å². The van der Waals surface area contributed by atoms with Gasteiger partial charge in [-0.3, -0.25) is 14.9 Å². The lowest BCUT2D eigenvalue weighted by atomic mass is 10.1. The molecule has 0 spiro atoms. The maximum atomic E-state index is 13.4. The SMILES string of the molecule is O=C(Cc1cn(-c2ccccc2)nc1-c1ccc(F)cc1)Nc1cc(-c2cccnc2)[nH]n1. The number of H-pyrrole nitrogens is 1. The van der Waals surface area contributed by atoms with E-state index in [0.29, 0.717) is 17.1 Å². The number of pyridine rings is 1. The number of rotatable bonds is 6. The molecule has 2 aromatic carbocycles. The Labute approximate surface area is 188 Å². The van der Waals surface area contributed by atoms with Gasteiger partial charge in [-0.05, 0) is 48.5 Å². The zero-order valence-corrected chi connectivity index (χ0v) is 17.4. The van der Waals surface area contributed by atoms with E-state index in [1.54, 1.807) is 35.3 Å². The molecule has 162 valence electrons. The highest BCUT2D eigenvalue weighted by Crippen LogP contribution is 2.25. The largest absolute Gasteiger partial charge is 0.309 e. The third kappa shape index (κ3) is 4.54. The number of hydrogen-bond acceptors (Lipinski definition) is 4. The van der Waals surface area contributed by atoms with Crippen LogP contribution < -0.4 is 5.32 Å². The first-order valence-electron chi connectivity index (χ1n) is 10.3. The number of anilines is 1. The minimum Gasteiger partial charge on any atom is -0.309 e. The van der Waals surface area contributed by atoms with Crippen molar-refractivity contribution in [3.8, 4) is 28.2 Å². The van der Waals surface area contributed by atoms with E-state index >= 15 is 0 Å². The summed E-state index contributed by atoms with van der Waals surface area (Å²) < 4.78 is 15.2. The summed E-state index contributed by atoms with van der Waals surface area (Å²) in [5.74, 6) is -0.156. The lowest BCUT2D eigenvalue weighted by molar-refractivity contribution is -0.115. The molecule has 0 aliphatic carbocycles. The maximum Gasteiger partial charge on any atom is 0.230 e. The summed E-state index contributed by atoms with van der Waals surface area (Å²) in [6.07, 6.45) is 5.30. The number of nitrogens with one attached hydrogen (secondary N) is 2. The predicted molar refractivity (Wildman–Crippen MR) is 123 cm³/mol. The number of para-hydroxylation sites is 1. The Kier molecular flexibility index (Phi) is 5.47. The molecule has 3 heterocycles. The van der Waals surface area contributed by atoms with Crippen LogP contribution in [0.2, 0.25) is 0 Å². The van der Waals surface area contributed by atoms with Crippen molar-refractivity contribution in [2.75, 3.05) is 5.32 Å². The van der Waals surface area contributed by atoms with Gasteiger partial charge in [0.05, 0.1) is 23.5 Å². The third-order valence-electron chi connectivity index (χ3n) is 5.10. The van der Waals surface area contributed by atoms with E-state index in [2.05, 4.69) is 25.6 Å².